The number of sulfonamides is 1. The van der Waals surface area contributed by atoms with E-state index in [0.717, 1.165) is 15.6 Å². The lowest BCUT2D eigenvalue weighted by Crippen LogP contribution is -2.37. The van der Waals surface area contributed by atoms with Gasteiger partial charge in [0.05, 0.1) is 18.9 Å². The van der Waals surface area contributed by atoms with Crippen LogP contribution in [0.25, 0.3) is 10.1 Å². The van der Waals surface area contributed by atoms with Crippen molar-refractivity contribution in [2.24, 2.45) is 0 Å². The molecule has 0 aliphatic rings. The minimum absolute atomic E-state index is 0.0357. The summed E-state index contributed by atoms with van der Waals surface area (Å²) in [6, 6.07) is 12.8. The number of anilines is 1. The number of nitrogens with zero attached hydrogens (tertiary/aromatic N) is 2. The highest BCUT2D eigenvalue weighted by molar-refractivity contribution is 7.93. The molecule has 0 saturated carbocycles. The Labute approximate surface area is 194 Å². The molecule has 6 nitrogen and oxygen atoms in total. The molecule has 0 fully saturated rings. The third kappa shape index (κ3) is 6.59. The highest BCUT2D eigenvalue weighted by atomic mass is 32.2. The Balaban J connectivity index is 1.94. The SMILES string of the molecule is Cc1c(N(Cc2ccc(OC(F)(F)F)cc2)S(=O)(=O)CCN(C)CCO)sc2ccccc12. The molecule has 0 spiro atoms. The molecule has 0 atom stereocenters. The highest BCUT2D eigenvalue weighted by Gasteiger charge is 2.31. The van der Waals surface area contributed by atoms with Gasteiger partial charge in [-0.2, -0.15) is 0 Å². The number of hydrogen-bond donors (Lipinski definition) is 1. The number of aryl methyl sites for hydroxylation is 1. The van der Waals surface area contributed by atoms with Crippen LogP contribution in [0.1, 0.15) is 11.1 Å². The average molecular weight is 503 g/mol. The fraction of sp³-hybridized carbons (Fsp3) is 0.364. The van der Waals surface area contributed by atoms with E-state index < -0.39 is 16.4 Å². The summed E-state index contributed by atoms with van der Waals surface area (Å²) in [5, 5.41) is 10.6. The molecular formula is C22H25F3N2O4S2. The van der Waals surface area contributed by atoms with E-state index in [4.69, 9.17) is 5.11 Å². The second kappa shape index (κ2) is 10.3. The van der Waals surface area contributed by atoms with Crippen LogP contribution in [-0.2, 0) is 16.6 Å². The highest BCUT2D eigenvalue weighted by Crippen LogP contribution is 2.39. The van der Waals surface area contributed by atoms with Crippen molar-refractivity contribution in [3.8, 4) is 5.75 Å². The molecule has 0 unspecified atom stereocenters. The summed E-state index contributed by atoms with van der Waals surface area (Å²) in [6.45, 7) is 2.31. The number of likely N-dealkylation sites (N-methyl/N-ethyl adjacent to an activating group) is 1. The summed E-state index contributed by atoms with van der Waals surface area (Å²) in [4.78, 5) is 1.72. The molecule has 33 heavy (non-hydrogen) atoms. The maximum atomic E-state index is 13.4. The Hall–Kier alpha value is -2.34. The van der Waals surface area contributed by atoms with Gasteiger partial charge < -0.3 is 14.7 Å². The van der Waals surface area contributed by atoms with E-state index in [1.807, 2.05) is 31.2 Å². The molecule has 11 heteroatoms. The normalized spacial score (nSPS) is 12.5. The first kappa shape index (κ1) is 25.3. The summed E-state index contributed by atoms with van der Waals surface area (Å²) < 4.78 is 70.3. The fourth-order valence-electron chi connectivity index (χ4n) is 3.32. The van der Waals surface area contributed by atoms with E-state index in [0.29, 0.717) is 17.1 Å². The maximum Gasteiger partial charge on any atom is 0.573 e. The Morgan fingerprint density at radius 1 is 1.06 bits per heavy atom. The third-order valence-corrected chi connectivity index (χ3v) is 8.17. The lowest BCUT2D eigenvalue weighted by atomic mass is 10.2. The lowest BCUT2D eigenvalue weighted by molar-refractivity contribution is -0.274. The number of hydrogen-bond acceptors (Lipinski definition) is 6. The van der Waals surface area contributed by atoms with Crippen LogP contribution in [0.4, 0.5) is 18.2 Å². The average Bonchev–Trinajstić information content (AvgIpc) is 3.07. The van der Waals surface area contributed by atoms with Gasteiger partial charge in [0.2, 0.25) is 10.0 Å². The molecular weight excluding hydrogens is 477 g/mol. The topological polar surface area (TPSA) is 70.1 Å². The van der Waals surface area contributed by atoms with Gasteiger partial charge in [0.25, 0.3) is 0 Å². The molecule has 1 aromatic heterocycles. The van der Waals surface area contributed by atoms with E-state index in [1.165, 1.54) is 39.9 Å². The molecule has 0 aliphatic heterocycles. The lowest BCUT2D eigenvalue weighted by Gasteiger charge is -2.25. The summed E-state index contributed by atoms with van der Waals surface area (Å²) in [7, 11) is -2.06. The Kier molecular flexibility index (Phi) is 7.88. The molecule has 0 radical (unpaired) electrons. The largest absolute Gasteiger partial charge is 0.573 e. The van der Waals surface area contributed by atoms with Crippen LogP contribution in [0.2, 0.25) is 0 Å². The van der Waals surface area contributed by atoms with Crippen LogP contribution in [0.5, 0.6) is 5.75 Å². The van der Waals surface area contributed by atoms with Crippen LogP contribution in [0, 0.1) is 6.92 Å². The number of benzene rings is 2. The van der Waals surface area contributed by atoms with E-state index >= 15 is 0 Å². The van der Waals surface area contributed by atoms with Crippen molar-refractivity contribution in [3.05, 3.63) is 59.7 Å². The second-order valence-electron chi connectivity index (χ2n) is 7.57. The number of alkyl halides is 3. The summed E-state index contributed by atoms with van der Waals surface area (Å²) >= 11 is 1.35. The summed E-state index contributed by atoms with van der Waals surface area (Å²) in [6.07, 6.45) is -4.80. The van der Waals surface area contributed by atoms with E-state index in [-0.39, 0.29) is 31.2 Å². The molecule has 0 bridgehead atoms. The van der Waals surface area contributed by atoms with Crippen LogP contribution >= 0.6 is 11.3 Å². The predicted molar refractivity (Wildman–Crippen MR) is 124 cm³/mol. The molecule has 0 aliphatic carbocycles. The zero-order valence-corrected chi connectivity index (χ0v) is 19.8. The molecule has 0 amide bonds. The van der Waals surface area contributed by atoms with E-state index in [1.54, 1.807) is 11.9 Å². The Morgan fingerprint density at radius 2 is 1.73 bits per heavy atom. The predicted octanol–water partition coefficient (Wildman–Crippen LogP) is 4.37. The van der Waals surface area contributed by atoms with Gasteiger partial charge in [-0.05, 0) is 48.7 Å². The number of aliphatic hydroxyl groups is 1. The third-order valence-electron chi connectivity index (χ3n) is 5.08. The number of aliphatic hydroxyl groups excluding tert-OH is 1. The first-order valence-electron chi connectivity index (χ1n) is 10.1. The Morgan fingerprint density at radius 3 is 2.33 bits per heavy atom. The molecule has 3 rings (SSSR count). The van der Waals surface area contributed by atoms with Crippen molar-refractivity contribution in [1.29, 1.82) is 0 Å². The molecule has 180 valence electrons. The van der Waals surface area contributed by atoms with Gasteiger partial charge in [0.1, 0.15) is 10.8 Å². The zero-order chi connectivity index (χ0) is 24.2. The molecule has 0 saturated heterocycles. The van der Waals surface area contributed by atoms with Crippen LogP contribution in [-0.4, -0.2) is 57.3 Å². The second-order valence-corrected chi connectivity index (χ2v) is 10.6. The van der Waals surface area contributed by atoms with Crippen molar-refractivity contribution < 1.29 is 31.4 Å². The molecule has 2 aromatic carbocycles. The molecule has 3 aromatic rings. The number of ether oxygens (including phenoxy) is 1. The summed E-state index contributed by atoms with van der Waals surface area (Å²) in [5.74, 6) is -0.545. The monoisotopic (exact) mass is 502 g/mol. The maximum absolute atomic E-state index is 13.4. The van der Waals surface area contributed by atoms with Gasteiger partial charge in [-0.1, -0.05) is 30.3 Å². The number of thiophene rings is 1. The number of fused-ring (bicyclic) bond motifs is 1. The minimum Gasteiger partial charge on any atom is -0.406 e. The van der Waals surface area contributed by atoms with Crippen molar-refractivity contribution in [1.82, 2.24) is 4.90 Å². The smallest absolute Gasteiger partial charge is 0.406 e. The van der Waals surface area contributed by atoms with Crippen molar-refractivity contribution in [3.63, 3.8) is 0 Å². The van der Waals surface area contributed by atoms with E-state index in [2.05, 4.69) is 4.74 Å². The van der Waals surface area contributed by atoms with Crippen molar-refractivity contribution in [2.45, 2.75) is 19.8 Å². The van der Waals surface area contributed by atoms with Gasteiger partial charge in [-0.25, -0.2) is 8.42 Å². The summed E-state index contributed by atoms with van der Waals surface area (Å²) in [5.41, 5.74) is 1.34. The van der Waals surface area contributed by atoms with Crippen molar-refractivity contribution >= 4 is 36.4 Å². The van der Waals surface area contributed by atoms with Gasteiger partial charge >= 0.3 is 6.36 Å². The quantitative estimate of drug-likeness (QED) is 0.446. The number of rotatable bonds is 10. The van der Waals surface area contributed by atoms with Gasteiger partial charge in [-0.15, -0.1) is 24.5 Å². The van der Waals surface area contributed by atoms with Gasteiger partial charge in [0.15, 0.2) is 0 Å². The van der Waals surface area contributed by atoms with E-state index in [9.17, 15) is 21.6 Å². The molecule has 1 heterocycles. The number of halogens is 3. The molecule has 1 N–H and O–H groups in total. The van der Waals surface area contributed by atoms with Crippen molar-refractivity contribution in [2.75, 3.05) is 36.8 Å². The van der Waals surface area contributed by atoms with Gasteiger partial charge in [0, 0.05) is 17.8 Å². The fourth-order valence-corrected chi connectivity index (χ4v) is 6.39. The minimum atomic E-state index is -4.80. The van der Waals surface area contributed by atoms with Crippen LogP contribution in [0.3, 0.4) is 0 Å². The van der Waals surface area contributed by atoms with Gasteiger partial charge in [-0.3, -0.25) is 4.31 Å². The Bertz CT molecular complexity index is 1180. The van der Waals surface area contributed by atoms with Crippen LogP contribution < -0.4 is 9.04 Å². The first-order chi connectivity index (χ1) is 15.5. The standard InChI is InChI=1S/C22H25F3N2O4S2/c1-16-19-5-3-4-6-20(19)32-21(16)27(33(29,30)14-12-26(2)11-13-28)15-17-7-9-18(10-8-17)31-22(23,24)25/h3-10,28H,11-15H2,1-2H3. The first-order valence-corrected chi connectivity index (χ1v) is 12.6. The zero-order valence-electron chi connectivity index (χ0n) is 18.2. The van der Waals surface area contributed by atoms with Crippen LogP contribution in [0.15, 0.2) is 48.5 Å².